The quantitative estimate of drug-likeness (QED) is 0.855. The van der Waals surface area contributed by atoms with Crippen LogP contribution in [0.3, 0.4) is 0 Å². The minimum Gasteiger partial charge on any atom is -0.495 e. The van der Waals surface area contributed by atoms with Crippen molar-refractivity contribution in [1.82, 2.24) is 4.90 Å². The van der Waals surface area contributed by atoms with Gasteiger partial charge < -0.3 is 20.3 Å². The Morgan fingerprint density at radius 2 is 1.95 bits per heavy atom. The molecule has 1 aromatic carbocycles. The van der Waals surface area contributed by atoms with Crippen LogP contribution in [0.5, 0.6) is 5.75 Å². The van der Waals surface area contributed by atoms with Crippen molar-refractivity contribution < 1.29 is 4.74 Å². The lowest BCUT2D eigenvalue weighted by atomic mass is 9.94. The third-order valence-electron chi connectivity index (χ3n) is 4.66. The van der Waals surface area contributed by atoms with Crippen molar-refractivity contribution in [3.8, 4) is 5.75 Å². The highest BCUT2D eigenvalue weighted by Gasteiger charge is 2.24. The molecule has 2 aliphatic rings. The SMILES string of the molecule is COc1cc(N2CCC(CN3CCC3)CC2)ccc1N. The molecule has 0 bridgehead atoms. The van der Waals surface area contributed by atoms with Gasteiger partial charge >= 0.3 is 0 Å². The van der Waals surface area contributed by atoms with Crippen molar-refractivity contribution in [2.24, 2.45) is 5.92 Å². The summed E-state index contributed by atoms with van der Waals surface area (Å²) < 4.78 is 5.31. The first kappa shape index (κ1) is 13.6. The number of nitrogens with two attached hydrogens (primary N) is 1. The summed E-state index contributed by atoms with van der Waals surface area (Å²) >= 11 is 0. The van der Waals surface area contributed by atoms with Gasteiger partial charge in [-0.25, -0.2) is 0 Å². The molecular weight excluding hydrogens is 250 g/mol. The average Bonchev–Trinajstić information content (AvgIpc) is 2.44. The highest BCUT2D eigenvalue weighted by molar-refractivity contribution is 5.62. The van der Waals surface area contributed by atoms with Gasteiger partial charge in [-0.05, 0) is 50.4 Å². The monoisotopic (exact) mass is 275 g/mol. The highest BCUT2D eigenvalue weighted by atomic mass is 16.5. The largest absolute Gasteiger partial charge is 0.495 e. The number of nitrogens with zero attached hydrogens (tertiary/aromatic N) is 2. The minimum absolute atomic E-state index is 0.712. The van der Waals surface area contributed by atoms with E-state index in [9.17, 15) is 0 Å². The zero-order chi connectivity index (χ0) is 13.9. The summed E-state index contributed by atoms with van der Waals surface area (Å²) in [5.41, 5.74) is 7.83. The molecule has 110 valence electrons. The van der Waals surface area contributed by atoms with Crippen molar-refractivity contribution in [3.05, 3.63) is 18.2 Å². The summed E-state index contributed by atoms with van der Waals surface area (Å²) in [7, 11) is 1.68. The first-order valence-electron chi connectivity index (χ1n) is 7.67. The van der Waals surface area contributed by atoms with E-state index in [1.54, 1.807) is 7.11 Å². The van der Waals surface area contributed by atoms with Crippen LogP contribution in [0.25, 0.3) is 0 Å². The Morgan fingerprint density at radius 3 is 2.55 bits per heavy atom. The molecule has 0 spiro atoms. The number of likely N-dealkylation sites (tertiary alicyclic amines) is 1. The Labute approximate surface area is 121 Å². The fourth-order valence-electron chi connectivity index (χ4n) is 3.20. The van der Waals surface area contributed by atoms with E-state index >= 15 is 0 Å². The van der Waals surface area contributed by atoms with Crippen molar-refractivity contribution in [3.63, 3.8) is 0 Å². The molecule has 4 heteroatoms. The van der Waals surface area contributed by atoms with Crippen molar-refractivity contribution in [1.29, 1.82) is 0 Å². The van der Waals surface area contributed by atoms with E-state index in [1.165, 1.54) is 44.6 Å². The summed E-state index contributed by atoms with van der Waals surface area (Å²) in [6.07, 6.45) is 3.98. The number of rotatable bonds is 4. The number of hydrogen-bond acceptors (Lipinski definition) is 4. The van der Waals surface area contributed by atoms with E-state index in [0.717, 1.165) is 24.8 Å². The van der Waals surface area contributed by atoms with E-state index < -0.39 is 0 Å². The van der Waals surface area contributed by atoms with Gasteiger partial charge in [-0.15, -0.1) is 0 Å². The van der Waals surface area contributed by atoms with Gasteiger partial charge in [0.2, 0.25) is 0 Å². The van der Waals surface area contributed by atoms with E-state index in [4.69, 9.17) is 10.5 Å². The molecule has 1 aromatic rings. The van der Waals surface area contributed by atoms with E-state index in [-0.39, 0.29) is 0 Å². The van der Waals surface area contributed by atoms with E-state index in [2.05, 4.69) is 21.9 Å². The summed E-state index contributed by atoms with van der Waals surface area (Å²) in [4.78, 5) is 5.04. The van der Waals surface area contributed by atoms with Gasteiger partial charge in [0.15, 0.2) is 0 Å². The second-order valence-electron chi connectivity index (χ2n) is 6.01. The van der Waals surface area contributed by atoms with Crippen LogP contribution in [0.15, 0.2) is 18.2 Å². The molecule has 0 aromatic heterocycles. The summed E-state index contributed by atoms with van der Waals surface area (Å²) in [6.45, 7) is 6.22. The lowest BCUT2D eigenvalue weighted by Crippen LogP contribution is -2.43. The van der Waals surface area contributed by atoms with Crippen LogP contribution in [0, 0.1) is 5.92 Å². The maximum absolute atomic E-state index is 5.88. The normalized spacial score (nSPS) is 20.8. The molecular formula is C16H25N3O. The third-order valence-corrected chi connectivity index (χ3v) is 4.66. The van der Waals surface area contributed by atoms with Gasteiger partial charge in [-0.2, -0.15) is 0 Å². The lowest BCUT2D eigenvalue weighted by molar-refractivity contribution is 0.142. The Morgan fingerprint density at radius 1 is 1.20 bits per heavy atom. The first-order chi connectivity index (χ1) is 9.76. The van der Waals surface area contributed by atoms with Crippen LogP contribution in [-0.2, 0) is 0 Å². The number of hydrogen-bond donors (Lipinski definition) is 1. The molecule has 0 radical (unpaired) electrons. The molecule has 2 N–H and O–H groups in total. The van der Waals surface area contributed by atoms with Crippen LogP contribution >= 0.6 is 0 Å². The maximum atomic E-state index is 5.88. The van der Waals surface area contributed by atoms with Gasteiger partial charge in [0.25, 0.3) is 0 Å². The molecule has 2 heterocycles. The molecule has 0 saturated carbocycles. The molecule has 0 amide bonds. The highest BCUT2D eigenvalue weighted by Crippen LogP contribution is 2.30. The van der Waals surface area contributed by atoms with Gasteiger partial charge in [0.1, 0.15) is 5.75 Å². The molecule has 4 nitrogen and oxygen atoms in total. The summed E-state index contributed by atoms with van der Waals surface area (Å²) in [5, 5.41) is 0. The Hall–Kier alpha value is -1.42. The Kier molecular flexibility index (Phi) is 4.01. The minimum atomic E-state index is 0.712. The van der Waals surface area contributed by atoms with Gasteiger partial charge in [-0.1, -0.05) is 0 Å². The number of piperidine rings is 1. The number of nitrogen functional groups attached to an aromatic ring is 1. The number of benzene rings is 1. The van der Waals surface area contributed by atoms with Crippen LogP contribution in [0.1, 0.15) is 19.3 Å². The second kappa shape index (κ2) is 5.92. The Bertz CT molecular complexity index is 451. The topological polar surface area (TPSA) is 41.7 Å². The molecule has 2 fully saturated rings. The first-order valence-corrected chi connectivity index (χ1v) is 7.67. The average molecular weight is 275 g/mol. The van der Waals surface area contributed by atoms with Gasteiger partial charge in [-0.3, -0.25) is 0 Å². The molecule has 0 unspecified atom stereocenters. The lowest BCUT2D eigenvalue weighted by Gasteiger charge is -2.39. The summed E-state index contributed by atoms with van der Waals surface area (Å²) in [5.74, 6) is 1.66. The van der Waals surface area contributed by atoms with Crippen LogP contribution in [0.4, 0.5) is 11.4 Å². The number of ether oxygens (including phenoxy) is 1. The van der Waals surface area contributed by atoms with Crippen molar-refractivity contribution in [2.45, 2.75) is 19.3 Å². The molecule has 3 rings (SSSR count). The molecule has 0 aliphatic carbocycles. The molecule has 0 atom stereocenters. The third kappa shape index (κ3) is 2.85. The van der Waals surface area contributed by atoms with Crippen LogP contribution in [0.2, 0.25) is 0 Å². The second-order valence-corrected chi connectivity index (χ2v) is 6.01. The van der Waals surface area contributed by atoms with Crippen molar-refractivity contribution >= 4 is 11.4 Å². The Balaban J connectivity index is 1.57. The van der Waals surface area contributed by atoms with Crippen LogP contribution in [-0.4, -0.2) is 44.7 Å². The fourth-order valence-corrected chi connectivity index (χ4v) is 3.20. The van der Waals surface area contributed by atoms with Gasteiger partial charge in [0, 0.05) is 31.4 Å². The van der Waals surface area contributed by atoms with E-state index in [1.807, 2.05) is 6.07 Å². The van der Waals surface area contributed by atoms with E-state index in [0.29, 0.717) is 5.69 Å². The smallest absolute Gasteiger partial charge is 0.143 e. The molecule has 20 heavy (non-hydrogen) atoms. The number of methoxy groups -OCH3 is 1. The zero-order valence-electron chi connectivity index (χ0n) is 12.3. The van der Waals surface area contributed by atoms with Crippen molar-refractivity contribution in [2.75, 3.05) is 50.5 Å². The predicted octanol–water partition coefficient (Wildman–Crippen LogP) is 2.20. The van der Waals surface area contributed by atoms with Gasteiger partial charge in [0.05, 0.1) is 12.8 Å². The molecule has 2 aliphatic heterocycles. The standard InChI is InChI=1S/C16H25N3O/c1-20-16-11-14(3-4-15(16)17)19-9-5-13(6-10-19)12-18-7-2-8-18/h3-4,11,13H,2,5-10,12,17H2,1H3. The zero-order valence-corrected chi connectivity index (χ0v) is 12.3. The fraction of sp³-hybridized carbons (Fsp3) is 0.625. The summed E-state index contributed by atoms with van der Waals surface area (Å²) in [6, 6.07) is 6.11. The predicted molar refractivity (Wildman–Crippen MR) is 83.4 cm³/mol. The number of anilines is 2. The molecule has 2 saturated heterocycles. The van der Waals surface area contributed by atoms with Crippen LogP contribution < -0.4 is 15.4 Å². The maximum Gasteiger partial charge on any atom is 0.143 e.